The summed E-state index contributed by atoms with van der Waals surface area (Å²) in [4.78, 5) is 48.3. The van der Waals surface area contributed by atoms with Gasteiger partial charge in [-0.2, -0.15) is 0 Å². The lowest BCUT2D eigenvalue weighted by atomic mass is 9.98. The number of methoxy groups -OCH3 is 2. The fourth-order valence-corrected chi connectivity index (χ4v) is 8.69. The quantitative estimate of drug-likeness (QED) is 0.113. The molecule has 1 atom stereocenters. The van der Waals surface area contributed by atoms with E-state index in [4.69, 9.17) is 49.3 Å². The molecule has 7 rings (SSSR count). The number of piperidine rings is 1. The molecular formula is C43H43Cl3N6O6. The summed E-state index contributed by atoms with van der Waals surface area (Å²) in [7, 11) is 3.16. The average Bonchev–Trinajstić information content (AvgIpc) is 3.64. The first-order valence-electron chi connectivity index (χ1n) is 19.0. The van der Waals surface area contributed by atoms with Crippen molar-refractivity contribution in [1.82, 2.24) is 30.4 Å². The van der Waals surface area contributed by atoms with Gasteiger partial charge in [-0.25, -0.2) is 9.78 Å². The minimum absolute atomic E-state index is 0.0669. The molecule has 58 heavy (non-hydrogen) atoms. The molecule has 15 heteroatoms. The number of ether oxygens (including phenoxy) is 2. The molecule has 3 aromatic carbocycles. The second-order valence-corrected chi connectivity index (χ2v) is 15.6. The van der Waals surface area contributed by atoms with Gasteiger partial charge < -0.3 is 35.0 Å². The number of carbonyl (C=O) groups excluding carboxylic acids is 2. The molecule has 0 bridgehead atoms. The standard InChI is InChI=1S/C43H43Cl3N6O6/c1-24(53)51-17-14-28(15-18-51)48-21-27-19-34(44)41-33(42(27)58-3)10-11-35(50-41)32-6-4-5-30(38(32)45)31-13-16-47-40(39(31)46)25-7-8-26(36(20-25)57-2)22-52(43(55)56)23-29-9-12-37(54)49-29/h4-8,10-11,13,16,19-20,28-29,48H,9,12,14-15,17-18,21-23H2,1-3H3,(H,49,54)(H,55,56). The van der Waals surface area contributed by atoms with Crippen molar-refractivity contribution in [1.29, 1.82) is 0 Å². The normalized spacial score (nSPS) is 15.7. The molecule has 2 aliphatic rings. The topological polar surface area (TPSA) is 146 Å². The van der Waals surface area contributed by atoms with E-state index >= 15 is 0 Å². The number of nitrogens with zero attached hydrogens (tertiary/aromatic N) is 4. The van der Waals surface area contributed by atoms with Crippen LogP contribution in [0.1, 0.15) is 43.7 Å². The molecule has 1 unspecified atom stereocenters. The van der Waals surface area contributed by atoms with Crippen molar-refractivity contribution < 1.29 is 29.0 Å². The van der Waals surface area contributed by atoms with E-state index in [1.54, 1.807) is 38.4 Å². The number of carbonyl (C=O) groups is 3. The predicted molar refractivity (Wildman–Crippen MR) is 226 cm³/mol. The van der Waals surface area contributed by atoms with E-state index in [0.29, 0.717) is 90.7 Å². The van der Waals surface area contributed by atoms with E-state index in [0.717, 1.165) is 36.9 Å². The second kappa shape index (κ2) is 17.8. The summed E-state index contributed by atoms with van der Waals surface area (Å²) >= 11 is 21.2. The maximum absolute atomic E-state index is 12.1. The van der Waals surface area contributed by atoms with Gasteiger partial charge in [0, 0.05) is 96.6 Å². The molecule has 3 N–H and O–H groups in total. The zero-order valence-corrected chi connectivity index (χ0v) is 34.5. The summed E-state index contributed by atoms with van der Waals surface area (Å²) < 4.78 is 11.6. The lowest BCUT2D eigenvalue weighted by molar-refractivity contribution is -0.130. The van der Waals surface area contributed by atoms with Gasteiger partial charge in [-0.3, -0.25) is 14.6 Å². The van der Waals surface area contributed by atoms with Gasteiger partial charge in [0.2, 0.25) is 11.8 Å². The van der Waals surface area contributed by atoms with Crippen molar-refractivity contribution in [2.24, 2.45) is 0 Å². The van der Waals surface area contributed by atoms with Crippen molar-refractivity contribution in [2.45, 2.75) is 57.8 Å². The summed E-state index contributed by atoms with van der Waals surface area (Å²) in [5, 5.41) is 18.4. The number of carboxylic acid groups (broad SMARTS) is 1. The third-order valence-electron chi connectivity index (χ3n) is 10.9. The number of amides is 3. The summed E-state index contributed by atoms with van der Waals surface area (Å²) in [6.45, 7) is 3.86. The van der Waals surface area contributed by atoms with Crippen molar-refractivity contribution in [3.8, 4) is 45.1 Å². The fraction of sp³-hybridized carbons (Fsp3) is 0.326. The van der Waals surface area contributed by atoms with Gasteiger partial charge in [0.1, 0.15) is 11.5 Å². The number of fused-ring (bicyclic) bond motifs is 1. The van der Waals surface area contributed by atoms with Crippen molar-refractivity contribution in [2.75, 3.05) is 33.9 Å². The SMILES string of the molecule is COc1cc(-c2nccc(-c3cccc(-c4ccc5c(OC)c(CNC6CCN(C(C)=O)CC6)cc(Cl)c5n4)c3Cl)c2Cl)ccc1CN(CC1CCC(=O)N1)C(=O)O. The molecule has 3 amide bonds. The molecule has 2 fully saturated rings. The van der Waals surface area contributed by atoms with E-state index in [-0.39, 0.29) is 37.0 Å². The van der Waals surface area contributed by atoms with Gasteiger partial charge in [-0.1, -0.05) is 65.1 Å². The van der Waals surface area contributed by atoms with E-state index < -0.39 is 6.09 Å². The van der Waals surface area contributed by atoms with Crippen LogP contribution >= 0.6 is 34.8 Å². The Morgan fingerprint density at radius 1 is 0.948 bits per heavy atom. The Morgan fingerprint density at radius 2 is 1.71 bits per heavy atom. The number of halogens is 3. The molecule has 2 aromatic heterocycles. The molecular weight excluding hydrogens is 803 g/mol. The van der Waals surface area contributed by atoms with Crippen LogP contribution in [0.15, 0.2) is 66.9 Å². The largest absolute Gasteiger partial charge is 0.496 e. The highest BCUT2D eigenvalue weighted by atomic mass is 35.5. The van der Waals surface area contributed by atoms with Gasteiger partial charge in [-0.05, 0) is 49.6 Å². The van der Waals surface area contributed by atoms with Gasteiger partial charge in [0.25, 0.3) is 0 Å². The van der Waals surface area contributed by atoms with Crippen molar-refractivity contribution >= 4 is 63.6 Å². The highest BCUT2D eigenvalue weighted by Gasteiger charge is 2.27. The Kier molecular flexibility index (Phi) is 12.6. The molecule has 5 aromatic rings. The third-order valence-corrected chi connectivity index (χ3v) is 11.9. The van der Waals surface area contributed by atoms with Crippen molar-refractivity contribution in [3.63, 3.8) is 0 Å². The van der Waals surface area contributed by atoms with Crippen LogP contribution in [0.2, 0.25) is 15.1 Å². The molecule has 302 valence electrons. The number of nitrogens with one attached hydrogen (secondary N) is 2. The fourth-order valence-electron chi connectivity index (χ4n) is 7.77. The summed E-state index contributed by atoms with van der Waals surface area (Å²) in [6, 6.07) is 18.6. The van der Waals surface area contributed by atoms with Gasteiger partial charge in [0.15, 0.2) is 0 Å². The Hall–Kier alpha value is -5.14. The van der Waals surface area contributed by atoms with E-state index in [2.05, 4.69) is 15.6 Å². The molecule has 4 heterocycles. The van der Waals surface area contributed by atoms with Crippen LogP contribution in [0, 0.1) is 0 Å². The van der Waals surface area contributed by atoms with Crippen LogP contribution in [-0.4, -0.2) is 88.7 Å². The van der Waals surface area contributed by atoms with Crippen LogP contribution in [0.4, 0.5) is 4.79 Å². The maximum Gasteiger partial charge on any atom is 0.407 e. The molecule has 0 saturated carbocycles. The smallest absolute Gasteiger partial charge is 0.407 e. The first-order valence-corrected chi connectivity index (χ1v) is 20.1. The molecule has 12 nitrogen and oxygen atoms in total. The first-order chi connectivity index (χ1) is 27.9. The minimum Gasteiger partial charge on any atom is -0.496 e. The molecule has 0 radical (unpaired) electrons. The van der Waals surface area contributed by atoms with Gasteiger partial charge in [-0.15, -0.1) is 0 Å². The maximum atomic E-state index is 12.1. The third kappa shape index (κ3) is 8.66. The summed E-state index contributed by atoms with van der Waals surface area (Å²) in [5.74, 6) is 1.18. The zero-order valence-electron chi connectivity index (χ0n) is 32.3. The van der Waals surface area contributed by atoms with Crippen LogP contribution in [0.3, 0.4) is 0 Å². The number of aromatic nitrogens is 2. The Balaban J connectivity index is 1.14. The predicted octanol–water partition coefficient (Wildman–Crippen LogP) is 8.47. The summed E-state index contributed by atoms with van der Waals surface area (Å²) in [6.07, 6.45) is 3.28. The monoisotopic (exact) mass is 844 g/mol. The van der Waals surface area contributed by atoms with Gasteiger partial charge in [0.05, 0.1) is 52.7 Å². The second-order valence-electron chi connectivity index (χ2n) is 14.5. The Morgan fingerprint density at radius 3 is 2.40 bits per heavy atom. The lowest BCUT2D eigenvalue weighted by Gasteiger charge is -2.32. The number of hydrogen-bond acceptors (Lipinski definition) is 8. The van der Waals surface area contributed by atoms with Crippen LogP contribution in [0.25, 0.3) is 44.5 Å². The number of benzene rings is 3. The Labute approximate surface area is 351 Å². The molecule has 0 spiro atoms. The minimum atomic E-state index is -1.09. The molecule has 0 aliphatic carbocycles. The van der Waals surface area contributed by atoms with Crippen molar-refractivity contribution in [3.05, 3.63) is 93.1 Å². The average molecular weight is 846 g/mol. The number of rotatable bonds is 12. The van der Waals surface area contributed by atoms with E-state index in [9.17, 15) is 19.5 Å². The highest BCUT2D eigenvalue weighted by molar-refractivity contribution is 6.39. The van der Waals surface area contributed by atoms with Crippen LogP contribution in [-0.2, 0) is 22.7 Å². The zero-order chi connectivity index (χ0) is 41.1. The van der Waals surface area contributed by atoms with Gasteiger partial charge >= 0.3 is 6.09 Å². The number of pyridine rings is 2. The van der Waals surface area contributed by atoms with E-state index in [1.807, 2.05) is 47.4 Å². The number of likely N-dealkylation sites (tertiary alicyclic amines) is 1. The molecule has 2 aliphatic heterocycles. The van der Waals surface area contributed by atoms with E-state index in [1.165, 1.54) is 12.0 Å². The first kappa shape index (κ1) is 41.0. The molecule has 2 saturated heterocycles. The highest BCUT2D eigenvalue weighted by Crippen LogP contribution is 2.43. The lowest BCUT2D eigenvalue weighted by Crippen LogP contribution is -2.43. The van der Waals surface area contributed by atoms with Crippen LogP contribution < -0.4 is 20.1 Å². The Bertz CT molecular complexity index is 2390. The summed E-state index contributed by atoms with van der Waals surface area (Å²) in [5.41, 5.74) is 5.92. The van der Waals surface area contributed by atoms with Crippen LogP contribution in [0.5, 0.6) is 11.5 Å². The number of hydrogen-bond donors (Lipinski definition) is 3.